The van der Waals surface area contributed by atoms with Crippen LogP contribution in [0.4, 0.5) is 0 Å². The average molecular weight is 280 g/mol. The van der Waals surface area contributed by atoms with Crippen LogP contribution < -0.4 is 0 Å². The summed E-state index contributed by atoms with van der Waals surface area (Å²) in [7, 11) is 0. The van der Waals surface area contributed by atoms with E-state index in [0.29, 0.717) is 5.92 Å². The van der Waals surface area contributed by atoms with Crippen LogP contribution >= 0.6 is 11.8 Å². The van der Waals surface area contributed by atoms with E-state index in [1.54, 1.807) is 0 Å². The normalized spacial score (nSPS) is 17.6. The fourth-order valence-electron chi connectivity index (χ4n) is 3.03. The van der Waals surface area contributed by atoms with Crippen LogP contribution in [0.15, 0.2) is 53.4 Å². The molecule has 0 fully saturated rings. The van der Waals surface area contributed by atoms with Gasteiger partial charge in [-0.25, -0.2) is 4.98 Å². The Morgan fingerprint density at radius 2 is 1.95 bits per heavy atom. The highest BCUT2D eigenvalue weighted by Gasteiger charge is 2.24. The molecule has 1 aliphatic rings. The second kappa shape index (κ2) is 4.67. The monoisotopic (exact) mass is 280 g/mol. The highest BCUT2D eigenvalue weighted by Crippen LogP contribution is 2.40. The topological polar surface area (TPSA) is 17.8 Å². The fourth-order valence-corrected chi connectivity index (χ4v) is 4.27. The molecule has 0 amide bonds. The Bertz CT molecular complexity index is 776. The molecule has 4 rings (SSSR count). The summed E-state index contributed by atoms with van der Waals surface area (Å²) in [4.78, 5) is 6.11. The molecule has 0 spiro atoms. The second-order valence-electron chi connectivity index (χ2n) is 5.30. The third-order valence-electron chi connectivity index (χ3n) is 4.05. The molecule has 0 saturated carbocycles. The largest absolute Gasteiger partial charge is 0.328 e. The fraction of sp³-hybridized carbons (Fsp3) is 0.235. The molecule has 1 atom stereocenters. The van der Waals surface area contributed by atoms with Crippen molar-refractivity contribution in [2.24, 2.45) is 0 Å². The summed E-state index contributed by atoms with van der Waals surface area (Å²) in [6.07, 6.45) is 0. The van der Waals surface area contributed by atoms with Crippen molar-refractivity contribution >= 4 is 22.8 Å². The molecule has 1 aromatic heterocycles. The number of nitrogens with zero attached hydrogens (tertiary/aromatic N) is 2. The lowest BCUT2D eigenvalue weighted by Gasteiger charge is -2.14. The average Bonchev–Trinajstić information content (AvgIpc) is 3.02. The summed E-state index contributed by atoms with van der Waals surface area (Å²) in [5.74, 6) is 2.87. The van der Waals surface area contributed by atoms with Crippen molar-refractivity contribution in [3.05, 3.63) is 59.9 Å². The molecule has 100 valence electrons. The van der Waals surface area contributed by atoms with Crippen LogP contribution in [0.2, 0.25) is 0 Å². The van der Waals surface area contributed by atoms with E-state index in [-0.39, 0.29) is 0 Å². The van der Waals surface area contributed by atoms with Crippen LogP contribution in [0.25, 0.3) is 11.0 Å². The number of aromatic nitrogens is 2. The van der Waals surface area contributed by atoms with Crippen molar-refractivity contribution in [3.63, 3.8) is 0 Å². The molecule has 3 heteroatoms. The molecular formula is C17H16N2S. The standard InChI is InChI=1S/C17H16N2S/c1-12-18-15-7-3-4-8-16(15)19(12)10-13-11-20-17-9-5-2-6-14(13)17/h2-9,13H,10-11H2,1H3. The summed E-state index contributed by atoms with van der Waals surface area (Å²) in [6, 6.07) is 17.2. The van der Waals surface area contributed by atoms with E-state index >= 15 is 0 Å². The zero-order chi connectivity index (χ0) is 13.5. The van der Waals surface area contributed by atoms with E-state index < -0.39 is 0 Å². The van der Waals surface area contributed by atoms with Crippen LogP contribution in [0.1, 0.15) is 17.3 Å². The number of rotatable bonds is 2. The van der Waals surface area contributed by atoms with Crippen LogP contribution in [-0.2, 0) is 6.54 Å². The number of fused-ring (bicyclic) bond motifs is 2. The number of aryl methyl sites for hydroxylation is 1. The molecule has 1 unspecified atom stereocenters. The second-order valence-corrected chi connectivity index (χ2v) is 6.37. The van der Waals surface area contributed by atoms with Gasteiger partial charge in [-0.05, 0) is 30.7 Å². The first-order valence-corrected chi connectivity index (χ1v) is 7.95. The van der Waals surface area contributed by atoms with Gasteiger partial charge in [0.2, 0.25) is 0 Å². The molecule has 0 N–H and O–H groups in total. The van der Waals surface area contributed by atoms with Gasteiger partial charge in [-0.1, -0.05) is 30.3 Å². The van der Waals surface area contributed by atoms with Gasteiger partial charge in [0.05, 0.1) is 11.0 Å². The molecule has 2 nitrogen and oxygen atoms in total. The van der Waals surface area contributed by atoms with Crippen LogP contribution in [0, 0.1) is 6.92 Å². The molecular weight excluding hydrogens is 264 g/mol. The van der Waals surface area contributed by atoms with Gasteiger partial charge in [0, 0.05) is 23.1 Å². The Morgan fingerprint density at radius 1 is 1.15 bits per heavy atom. The minimum absolute atomic E-state index is 0.590. The molecule has 2 heterocycles. The number of thioether (sulfide) groups is 1. The summed E-state index contributed by atoms with van der Waals surface area (Å²) < 4.78 is 2.36. The molecule has 0 aliphatic carbocycles. The van der Waals surface area contributed by atoms with Crippen LogP contribution in [0.3, 0.4) is 0 Å². The minimum atomic E-state index is 0.590. The minimum Gasteiger partial charge on any atom is -0.328 e. The Morgan fingerprint density at radius 3 is 2.90 bits per heavy atom. The lowest BCUT2D eigenvalue weighted by Crippen LogP contribution is -2.10. The molecule has 3 aromatic rings. The van der Waals surface area contributed by atoms with E-state index in [1.807, 2.05) is 11.8 Å². The predicted octanol–water partition coefficient (Wildman–Crippen LogP) is 4.23. The van der Waals surface area contributed by atoms with Crippen molar-refractivity contribution < 1.29 is 0 Å². The zero-order valence-electron chi connectivity index (χ0n) is 11.4. The van der Waals surface area contributed by atoms with Gasteiger partial charge in [0.15, 0.2) is 0 Å². The van der Waals surface area contributed by atoms with Gasteiger partial charge >= 0.3 is 0 Å². The van der Waals surface area contributed by atoms with Gasteiger partial charge < -0.3 is 4.57 Å². The maximum absolute atomic E-state index is 4.67. The van der Waals surface area contributed by atoms with E-state index in [4.69, 9.17) is 0 Å². The number of para-hydroxylation sites is 2. The smallest absolute Gasteiger partial charge is 0.106 e. The Balaban J connectivity index is 1.74. The number of benzene rings is 2. The highest BCUT2D eigenvalue weighted by atomic mass is 32.2. The van der Waals surface area contributed by atoms with Crippen LogP contribution in [-0.4, -0.2) is 15.3 Å². The van der Waals surface area contributed by atoms with Gasteiger partial charge in [-0.3, -0.25) is 0 Å². The predicted molar refractivity (Wildman–Crippen MR) is 84.4 cm³/mol. The SMILES string of the molecule is Cc1nc2ccccc2n1CC1CSc2ccccc21. The van der Waals surface area contributed by atoms with E-state index in [9.17, 15) is 0 Å². The Hall–Kier alpha value is -1.74. The van der Waals surface area contributed by atoms with Crippen LogP contribution in [0.5, 0.6) is 0 Å². The first-order chi connectivity index (χ1) is 9.83. The number of hydrogen-bond acceptors (Lipinski definition) is 2. The first-order valence-electron chi connectivity index (χ1n) is 6.96. The molecule has 2 aromatic carbocycles. The van der Waals surface area contributed by atoms with E-state index in [2.05, 4.69) is 65.0 Å². The summed E-state index contributed by atoms with van der Waals surface area (Å²) in [5.41, 5.74) is 3.85. The van der Waals surface area contributed by atoms with Gasteiger partial charge in [0.1, 0.15) is 5.82 Å². The number of hydrogen-bond donors (Lipinski definition) is 0. The van der Waals surface area contributed by atoms with Crippen molar-refractivity contribution in [1.29, 1.82) is 0 Å². The Kier molecular flexibility index (Phi) is 2.81. The molecule has 0 bridgehead atoms. The lowest BCUT2D eigenvalue weighted by atomic mass is 10.0. The maximum Gasteiger partial charge on any atom is 0.106 e. The van der Waals surface area contributed by atoms with Crippen molar-refractivity contribution in [3.8, 4) is 0 Å². The Labute approximate surface area is 122 Å². The summed E-state index contributed by atoms with van der Waals surface area (Å²) in [6.45, 7) is 3.13. The van der Waals surface area contributed by atoms with E-state index in [1.165, 1.54) is 21.7 Å². The summed E-state index contributed by atoms with van der Waals surface area (Å²) >= 11 is 1.98. The van der Waals surface area contributed by atoms with E-state index in [0.717, 1.165) is 17.9 Å². The van der Waals surface area contributed by atoms with Crippen molar-refractivity contribution in [1.82, 2.24) is 9.55 Å². The third-order valence-corrected chi connectivity index (χ3v) is 5.30. The molecule has 0 saturated heterocycles. The van der Waals surface area contributed by atoms with Gasteiger partial charge in [0.25, 0.3) is 0 Å². The quantitative estimate of drug-likeness (QED) is 0.699. The highest BCUT2D eigenvalue weighted by molar-refractivity contribution is 7.99. The molecule has 20 heavy (non-hydrogen) atoms. The summed E-state index contributed by atoms with van der Waals surface area (Å²) in [5, 5.41) is 0. The first kappa shape index (κ1) is 12.0. The zero-order valence-corrected chi connectivity index (χ0v) is 12.2. The van der Waals surface area contributed by atoms with Crippen molar-refractivity contribution in [2.45, 2.75) is 24.3 Å². The van der Waals surface area contributed by atoms with Gasteiger partial charge in [-0.2, -0.15) is 0 Å². The third kappa shape index (κ3) is 1.85. The van der Waals surface area contributed by atoms with Gasteiger partial charge in [-0.15, -0.1) is 11.8 Å². The molecule has 1 aliphatic heterocycles. The molecule has 0 radical (unpaired) electrons. The number of imidazole rings is 1. The van der Waals surface area contributed by atoms with Crippen molar-refractivity contribution in [2.75, 3.05) is 5.75 Å². The maximum atomic E-state index is 4.67. The lowest BCUT2D eigenvalue weighted by molar-refractivity contribution is 0.605.